The number of aliphatic imine (C=N–C) groups is 1. The molecule has 158 valence electrons. The second-order valence-corrected chi connectivity index (χ2v) is 8.22. The highest BCUT2D eigenvalue weighted by Gasteiger charge is 2.31. The van der Waals surface area contributed by atoms with E-state index in [0.717, 1.165) is 31.5 Å². The average molecular weight is 499 g/mol. The molecule has 1 unspecified atom stereocenters. The molecule has 28 heavy (non-hydrogen) atoms. The number of hydrogen-bond acceptors (Lipinski definition) is 3. The summed E-state index contributed by atoms with van der Waals surface area (Å²) in [4.78, 5) is 9.51. The van der Waals surface area contributed by atoms with E-state index in [-0.39, 0.29) is 24.0 Å². The summed E-state index contributed by atoms with van der Waals surface area (Å²) < 4.78 is 0. The molecule has 0 radical (unpaired) electrons. The minimum absolute atomic E-state index is 0. The second-order valence-electron chi connectivity index (χ2n) is 8.22. The molecule has 1 aliphatic heterocycles. The van der Waals surface area contributed by atoms with Gasteiger partial charge in [-0.3, -0.25) is 9.89 Å². The Morgan fingerprint density at radius 3 is 2.46 bits per heavy atom. The maximum Gasteiger partial charge on any atom is 0.191 e. The maximum atomic E-state index is 4.43. The van der Waals surface area contributed by atoms with Gasteiger partial charge in [-0.2, -0.15) is 0 Å². The zero-order valence-electron chi connectivity index (χ0n) is 17.7. The van der Waals surface area contributed by atoms with Crippen LogP contribution in [-0.2, 0) is 6.54 Å². The van der Waals surface area contributed by atoms with E-state index in [1.54, 1.807) is 0 Å². The summed E-state index contributed by atoms with van der Waals surface area (Å²) in [5, 5.41) is 7.14. The number of hydrogen-bond donors (Lipinski definition) is 2. The minimum Gasteiger partial charge on any atom is -0.356 e. The first kappa shape index (κ1) is 23.4. The number of guanidine groups is 1. The fraction of sp³-hybridized carbons (Fsp3) is 0.682. The van der Waals surface area contributed by atoms with Crippen LogP contribution in [-0.4, -0.2) is 67.6 Å². The molecular weight excluding hydrogens is 461 g/mol. The SMILES string of the molecule is CN=C(NCCC(C)N(C)Cc1ccccc1)NC1CCN(C2CC2)CC1.I. The lowest BCUT2D eigenvalue weighted by atomic mass is 10.1. The van der Waals surface area contributed by atoms with Crippen molar-refractivity contribution in [1.29, 1.82) is 0 Å². The first-order valence-corrected chi connectivity index (χ1v) is 10.6. The summed E-state index contributed by atoms with van der Waals surface area (Å²) in [6.07, 6.45) is 6.39. The zero-order valence-corrected chi connectivity index (χ0v) is 20.1. The molecule has 0 amide bonds. The van der Waals surface area contributed by atoms with Crippen molar-refractivity contribution in [1.82, 2.24) is 20.4 Å². The van der Waals surface area contributed by atoms with Gasteiger partial charge in [0, 0.05) is 51.4 Å². The minimum atomic E-state index is 0. The van der Waals surface area contributed by atoms with Crippen molar-refractivity contribution in [3.8, 4) is 0 Å². The molecule has 1 aromatic rings. The number of likely N-dealkylation sites (tertiary alicyclic amines) is 1. The first-order chi connectivity index (χ1) is 13.2. The molecule has 0 aromatic heterocycles. The van der Waals surface area contributed by atoms with Gasteiger partial charge in [-0.25, -0.2) is 0 Å². The van der Waals surface area contributed by atoms with Crippen LogP contribution in [0.4, 0.5) is 0 Å². The van der Waals surface area contributed by atoms with Gasteiger partial charge in [0.1, 0.15) is 0 Å². The van der Waals surface area contributed by atoms with Crippen molar-refractivity contribution in [3.63, 3.8) is 0 Å². The molecular formula is C22H38IN5. The normalized spacial score (nSPS) is 19.9. The third-order valence-electron chi connectivity index (χ3n) is 6.04. The van der Waals surface area contributed by atoms with Gasteiger partial charge in [0.25, 0.3) is 0 Å². The highest BCUT2D eigenvalue weighted by Crippen LogP contribution is 2.29. The zero-order chi connectivity index (χ0) is 19.1. The van der Waals surface area contributed by atoms with E-state index in [4.69, 9.17) is 0 Å². The molecule has 1 aromatic carbocycles. The van der Waals surface area contributed by atoms with Gasteiger partial charge < -0.3 is 15.5 Å². The fourth-order valence-corrected chi connectivity index (χ4v) is 3.88. The van der Waals surface area contributed by atoms with E-state index >= 15 is 0 Å². The Morgan fingerprint density at radius 1 is 1.18 bits per heavy atom. The highest BCUT2D eigenvalue weighted by molar-refractivity contribution is 14.0. The van der Waals surface area contributed by atoms with Crippen LogP contribution in [0.2, 0.25) is 0 Å². The Hall–Kier alpha value is -0.860. The molecule has 2 N–H and O–H groups in total. The lowest BCUT2D eigenvalue weighted by Gasteiger charge is -2.33. The van der Waals surface area contributed by atoms with E-state index in [2.05, 4.69) is 69.7 Å². The molecule has 6 heteroatoms. The lowest BCUT2D eigenvalue weighted by Crippen LogP contribution is -2.49. The highest BCUT2D eigenvalue weighted by atomic mass is 127. The first-order valence-electron chi connectivity index (χ1n) is 10.6. The van der Waals surface area contributed by atoms with Crippen LogP contribution in [0.5, 0.6) is 0 Å². The number of halogens is 1. The Labute approximate surface area is 188 Å². The largest absolute Gasteiger partial charge is 0.356 e. The predicted octanol–water partition coefficient (Wildman–Crippen LogP) is 3.31. The Morgan fingerprint density at radius 2 is 1.86 bits per heavy atom. The quantitative estimate of drug-likeness (QED) is 0.327. The van der Waals surface area contributed by atoms with Gasteiger partial charge in [-0.15, -0.1) is 24.0 Å². The van der Waals surface area contributed by atoms with Gasteiger partial charge in [0.05, 0.1) is 0 Å². The molecule has 1 saturated heterocycles. The van der Waals surface area contributed by atoms with Crippen LogP contribution in [0.3, 0.4) is 0 Å². The fourth-order valence-electron chi connectivity index (χ4n) is 3.88. The number of benzene rings is 1. The van der Waals surface area contributed by atoms with Crippen LogP contribution in [0, 0.1) is 0 Å². The van der Waals surface area contributed by atoms with E-state index in [1.165, 1.54) is 44.3 Å². The van der Waals surface area contributed by atoms with Crippen molar-refractivity contribution in [2.75, 3.05) is 33.7 Å². The van der Waals surface area contributed by atoms with Gasteiger partial charge >= 0.3 is 0 Å². The number of nitrogens with zero attached hydrogens (tertiary/aromatic N) is 3. The van der Waals surface area contributed by atoms with Crippen molar-refractivity contribution in [2.24, 2.45) is 4.99 Å². The summed E-state index contributed by atoms with van der Waals surface area (Å²) in [7, 11) is 4.08. The lowest BCUT2D eigenvalue weighted by molar-refractivity contribution is 0.197. The monoisotopic (exact) mass is 499 g/mol. The molecule has 1 aliphatic carbocycles. The smallest absolute Gasteiger partial charge is 0.191 e. The molecule has 1 heterocycles. The van der Waals surface area contributed by atoms with Crippen LogP contribution in [0.1, 0.15) is 44.6 Å². The third-order valence-corrected chi connectivity index (χ3v) is 6.04. The van der Waals surface area contributed by atoms with Gasteiger partial charge in [0.15, 0.2) is 5.96 Å². The Kier molecular flexibility index (Phi) is 10.0. The molecule has 1 atom stereocenters. The molecule has 2 aliphatic rings. The molecule has 0 bridgehead atoms. The standard InChI is InChI=1S/C22H37N5.HI/c1-18(26(3)17-19-7-5-4-6-8-19)11-14-24-22(23-2)25-20-12-15-27(16-13-20)21-9-10-21;/h4-8,18,20-21H,9-17H2,1-3H3,(H2,23,24,25);1H. The van der Waals surface area contributed by atoms with Crippen LogP contribution >= 0.6 is 24.0 Å². The van der Waals surface area contributed by atoms with Crippen molar-refractivity contribution in [2.45, 2.75) is 63.7 Å². The number of piperidine rings is 1. The topological polar surface area (TPSA) is 42.9 Å². The average Bonchev–Trinajstić information content (AvgIpc) is 3.53. The predicted molar refractivity (Wildman–Crippen MR) is 130 cm³/mol. The summed E-state index contributed by atoms with van der Waals surface area (Å²) >= 11 is 0. The van der Waals surface area contributed by atoms with Gasteiger partial charge in [-0.1, -0.05) is 30.3 Å². The second kappa shape index (κ2) is 12.0. The Balaban J connectivity index is 0.00000280. The number of rotatable bonds is 8. The van der Waals surface area contributed by atoms with E-state index in [0.29, 0.717) is 12.1 Å². The van der Waals surface area contributed by atoms with Crippen molar-refractivity contribution < 1.29 is 0 Å². The van der Waals surface area contributed by atoms with Gasteiger partial charge in [0.2, 0.25) is 0 Å². The molecule has 0 spiro atoms. The maximum absolute atomic E-state index is 4.43. The van der Waals surface area contributed by atoms with Crippen LogP contribution < -0.4 is 10.6 Å². The van der Waals surface area contributed by atoms with Crippen molar-refractivity contribution in [3.05, 3.63) is 35.9 Å². The number of nitrogens with one attached hydrogen (secondary N) is 2. The van der Waals surface area contributed by atoms with E-state index in [1.807, 2.05) is 7.05 Å². The van der Waals surface area contributed by atoms with E-state index in [9.17, 15) is 0 Å². The van der Waals surface area contributed by atoms with Crippen LogP contribution in [0.15, 0.2) is 35.3 Å². The summed E-state index contributed by atoms with van der Waals surface area (Å²) in [5.74, 6) is 0.956. The molecule has 5 nitrogen and oxygen atoms in total. The molecule has 2 fully saturated rings. The van der Waals surface area contributed by atoms with Gasteiger partial charge in [-0.05, 0) is 51.6 Å². The Bertz CT molecular complexity index is 582. The van der Waals surface area contributed by atoms with Crippen LogP contribution in [0.25, 0.3) is 0 Å². The third kappa shape index (κ3) is 7.52. The van der Waals surface area contributed by atoms with E-state index < -0.39 is 0 Å². The summed E-state index contributed by atoms with van der Waals surface area (Å²) in [5.41, 5.74) is 1.37. The summed E-state index contributed by atoms with van der Waals surface area (Å²) in [6, 6.07) is 12.7. The summed E-state index contributed by atoms with van der Waals surface area (Å²) in [6.45, 7) is 6.71. The van der Waals surface area contributed by atoms with Crippen molar-refractivity contribution >= 4 is 29.9 Å². The molecule has 1 saturated carbocycles. The molecule has 3 rings (SSSR count).